The van der Waals surface area contributed by atoms with Gasteiger partial charge in [0.25, 0.3) is 10.0 Å². The molecule has 0 radical (unpaired) electrons. The van der Waals surface area contributed by atoms with Crippen LogP contribution in [0.15, 0.2) is 41.3 Å². The summed E-state index contributed by atoms with van der Waals surface area (Å²) in [5, 5.41) is 13.9. The fourth-order valence-electron chi connectivity index (χ4n) is 4.21. The number of aryl methyl sites for hydroxylation is 2. The summed E-state index contributed by atoms with van der Waals surface area (Å²) >= 11 is 0. The lowest BCUT2D eigenvalue weighted by Crippen LogP contribution is -2.16. The molecule has 3 heterocycles. The van der Waals surface area contributed by atoms with Gasteiger partial charge in [-0.05, 0) is 49.6 Å². The highest BCUT2D eigenvalue weighted by atomic mass is 32.2. The van der Waals surface area contributed by atoms with Crippen molar-refractivity contribution in [2.24, 2.45) is 0 Å². The van der Waals surface area contributed by atoms with Crippen molar-refractivity contribution in [1.82, 2.24) is 14.8 Å². The molecule has 0 spiro atoms. The Bertz CT molecular complexity index is 1410. The van der Waals surface area contributed by atoms with E-state index in [0.29, 0.717) is 11.4 Å². The van der Waals surface area contributed by atoms with Gasteiger partial charge >= 0.3 is 0 Å². The molecule has 2 amide bonds. The van der Waals surface area contributed by atoms with Gasteiger partial charge in [0.05, 0.1) is 22.0 Å². The molecule has 0 bridgehead atoms. The number of benzene rings is 2. The smallest absolute Gasteiger partial charge is 0.261 e. The first-order chi connectivity index (χ1) is 16.3. The Morgan fingerprint density at radius 3 is 2.56 bits per heavy atom. The fraction of sp³-hybridized carbons (Fsp3) is 0.304. The van der Waals surface area contributed by atoms with Crippen LogP contribution in [-0.2, 0) is 32.6 Å². The van der Waals surface area contributed by atoms with Gasteiger partial charge in [-0.2, -0.15) is 0 Å². The Morgan fingerprint density at radius 2 is 1.74 bits per heavy atom. The van der Waals surface area contributed by atoms with E-state index in [0.717, 1.165) is 55.0 Å². The van der Waals surface area contributed by atoms with Crippen molar-refractivity contribution >= 4 is 38.9 Å². The predicted molar refractivity (Wildman–Crippen MR) is 127 cm³/mol. The molecule has 0 saturated carbocycles. The minimum atomic E-state index is -3.98. The second kappa shape index (κ2) is 8.56. The normalized spacial score (nSPS) is 15.9. The van der Waals surface area contributed by atoms with E-state index in [9.17, 15) is 18.0 Å². The van der Waals surface area contributed by atoms with Crippen molar-refractivity contribution in [3.63, 3.8) is 0 Å². The molecule has 5 rings (SSSR count). The van der Waals surface area contributed by atoms with Crippen LogP contribution < -0.4 is 15.4 Å². The van der Waals surface area contributed by atoms with Crippen LogP contribution in [0.1, 0.15) is 37.1 Å². The fourth-order valence-corrected chi connectivity index (χ4v) is 5.36. The minimum absolute atomic E-state index is 0.0381. The van der Waals surface area contributed by atoms with E-state index in [-0.39, 0.29) is 17.0 Å². The standard InChI is InChI=1S/C23H24N6O4S/c1-14-6-7-15(23-27-26-20-5-3-2-4-10-29(20)23)11-18(14)28-34(32,33)16-8-9-17-19(12-16)25-22(31)13-21(30)24-17/h6-9,11-12,28H,2-5,10,13H2,1H3,(H,24,30)(H,25,31). The molecule has 3 N–H and O–H groups in total. The first-order valence-corrected chi connectivity index (χ1v) is 12.6. The number of amides is 2. The molecule has 2 aliphatic heterocycles. The number of hydrogen-bond acceptors (Lipinski definition) is 6. The molecular weight excluding hydrogens is 456 g/mol. The third-order valence-electron chi connectivity index (χ3n) is 6.02. The van der Waals surface area contributed by atoms with E-state index >= 15 is 0 Å². The average Bonchev–Trinajstić information content (AvgIpc) is 2.95. The zero-order valence-electron chi connectivity index (χ0n) is 18.6. The summed E-state index contributed by atoms with van der Waals surface area (Å²) in [6.07, 6.45) is 3.84. The molecule has 0 saturated heterocycles. The molecule has 176 valence electrons. The van der Waals surface area contributed by atoms with Crippen LogP contribution in [0.2, 0.25) is 0 Å². The maximum absolute atomic E-state index is 13.2. The maximum Gasteiger partial charge on any atom is 0.261 e. The summed E-state index contributed by atoms with van der Waals surface area (Å²) in [5.41, 5.74) is 2.53. The van der Waals surface area contributed by atoms with Crippen LogP contribution in [0.5, 0.6) is 0 Å². The molecule has 11 heteroatoms. The highest BCUT2D eigenvalue weighted by Gasteiger charge is 2.23. The Hall–Kier alpha value is -3.73. The number of carbonyl (C=O) groups excluding carboxylic acids is 2. The monoisotopic (exact) mass is 480 g/mol. The number of nitrogens with one attached hydrogen (secondary N) is 3. The van der Waals surface area contributed by atoms with Crippen molar-refractivity contribution in [3.05, 3.63) is 47.8 Å². The summed E-state index contributed by atoms with van der Waals surface area (Å²) in [6.45, 7) is 2.66. The highest BCUT2D eigenvalue weighted by molar-refractivity contribution is 7.92. The summed E-state index contributed by atoms with van der Waals surface area (Å²) in [4.78, 5) is 23.6. The van der Waals surface area contributed by atoms with Gasteiger partial charge in [0.15, 0.2) is 5.82 Å². The topological polar surface area (TPSA) is 135 Å². The number of nitrogens with zero attached hydrogens (tertiary/aromatic N) is 3. The number of sulfonamides is 1. The molecule has 0 unspecified atom stereocenters. The zero-order chi connectivity index (χ0) is 23.9. The quantitative estimate of drug-likeness (QED) is 0.491. The van der Waals surface area contributed by atoms with E-state index < -0.39 is 21.8 Å². The molecule has 2 aliphatic rings. The molecular formula is C23H24N6O4S. The molecule has 1 aromatic heterocycles. The van der Waals surface area contributed by atoms with Crippen LogP contribution in [0.3, 0.4) is 0 Å². The molecule has 0 aliphatic carbocycles. The summed E-state index contributed by atoms with van der Waals surface area (Å²) in [6, 6.07) is 9.70. The Labute approximate surface area is 196 Å². The molecule has 2 aromatic carbocycles. The summed E-state index contributed by atoms with van der Waals surface area (Å²) in [7, 11) is -3.98. The lowest BCUT2D eigenvalue weighted by molar-refractivity contribution is -0.123. The van der Waals surface area contributed by atoms with Gasteiger partial charge in [0.1, 0.15) is 12.2 Å². The first-order valence-electron chi connectivity index (χ1n) is 11.1. The number of aromatic nitrogens is 3. The lowest BCUT2D eigenvalue weighted by Gasteiger charge is -2.14. The van der Waals surface area contributed by atoms with Gasteiger partial charge in [-0.1, -0.05) is 18.6 Å². The largest absolute Gasteiger partial charge is 0.324 e. The van der Waals surface area contributed by atoms with Crippen molar-refractivity contribution in [2.45, 2.75) is 50.5 Å². The van der Waals surface area contributed by atoms with Crippen LogP contribution in [0.4, 0.5) is 17.1 Å². The number of fused-ring (bicyclic) bond motifs is 2. The van der Waals surface area contributed by atoms with Gasteiger partial charge in [0.2, 0.25) is 11.8 Å². The molecule has 0 fully saturated rings. The molecule has 10 nitrogen and oxygen atoms in total. The van der Waals surface area contributed by atoms with Gasteiger partial charge in [-0.25, -0.2) is 8.42 Å². The van der Waals surface area contributed by atoms with Gasteiger partial charge < -0.3 is 15.2 Å². The van der Waals surface area contributed by atoms with E-state index in [4.69, 9.17) is 0 Å². The predicted octanol–water partition coefficient (Wildman–Crippen LogP) is 3.06. The molecule has 3 aromatic rings. The van der Waals surface area contributed by atoms with E-state index in [1.807, 2.05) is 19.1 Å². The second-order valence-electron chi connectivity index (χ2n) is 8.52. The van der Waals surface area contributed by atoms with E-state index in [1.54, 1.807) is 6.07 Å². The number of anilines is 3. The second-order valence-corrected chi connectivity index (χ2v) is 10.2. The highest BCUT2D eigenvalue weighted by Crippen LogP contribution is 2.31. The van der Waals surface area contributed by atoms with Crippen LogP contribution in [0, 0.1) is 6.92 Å². The maximum atomic E-state index is 13.2. The third kappa shape index (κ3) is 4.26. The summed E-state index contributed by atoms with van der Waals surface area (Å²) < 4.78 is 31.2. The van der Waals surface area contributed by atoms with Gasteiger partial charge in [-0.15, -0.1) is 10.2 Å². The zero-order valence-corrected chi connectivity index (χ0v) is 19.4. The van der Waals surface area contributed by atoms with E-state index in [2.05, 4.69) is 30.1 Å². The van der Waals surface area contributed by atoms with Crippen LogP contribution >= 0.6 is 0 Å². The van der Waals surface area contributed by atoms with Gasteiger partial charge in [-0.3, -0.25) is 14.3 Å². The van der Waals surface area contributed by atoms with Crippen molar-refractivity contribution in [1.29, 1.82) is 0 Å². The number of hydrogen-bond donors (Lipinski definition) is 3. The van der Waals surface area contributed by atoms with Crippen molar-refractivity contribution in [2.75, 3.05) is 15.4 Å². The molecule has 34 heavy (non-hydrogen) atoms. The number of rotatable bonds is 4. The minimum Gasteiger partial charge on any atom is -0.324 e. The van der Waals surface area contributed by atoms with Crippen molar-refractivity contribution in [3.8, 4) is 11.4 Å². The Balaban J connectivity index is 1.46. The first kappa shape index (κ1) is 22.1. The van der Waals surface area contributed by atoms with E-state index in [1.165, 1.54) is 18.2 Å². The lowest BCUT2D eigenvalue weighted by atomic mass is 10.1. The SMILES string of the molecule is Cc1ccc(-c2nnc3n2CCCCC3)cc1NS(=O)(=O)c1ccc2c(c1)NC(=O)CC(=O)N2. The van der Waals surface area contributed by atoms with Gasteiger partial charge in [0, 0.05) is 18.5 Å². The van der Waals surface area contributed by atoms with Crippen molar-refractivity contribution < 1.29 is 18.0 Å². The molecule has 0 atom stereocenters. The Morgan fingerprint density at radius 1 is 0.941 bits per heavy atom. The average molecular weight is 481 g/mol. The summed E-state index contributed by atoms with van der Waals surface area (Å²) in [5.74, 6) is 0.716. The Kier molecular flexibility index (Phi) is 5.56. The van der Waals surface area contributed by atoms with Crippen LogP contribution in [-0.4, -0.2) is 35.0 Å². The van der Waals surface area contributed by atoms with Crippen LogP contribution in [0.25, 0.3) is 11.4 Å². The number of carbonyl (C=O) groups is 2. The third-order valence-corrected chi connectivity index (χ3v) is 7.38.